The summed E-state index contributed by atoms with van der Waals surface area (Å²) in [6.45, 7) is 2.05. The molecule has 0 aliphatic rings. The molecule has 0 aliphatic heterocycles. The van der Waals surface area contributed by atoms with Crippen LogP contribution in [0.5, 0.6) is 0 Å². The Bertz CT molecular complexity index is 832. The predicted octanol–water partition coefficient (Wildman–Crippen LogP) is 4.75. The number of nitrogens with one attached hydrogen (secondary N) is 1. The molecule has 3 aromatic rings. The lowest BCUT2D eigenvalue weighted by Crippen LogP contribution is -2.13. The third kappa shape index (κ3) is 5.97. The Morgan fingerprint density at radius 3 is 2.58 bits per heavy atom. The molecule has 134 valence electrons. The number of nitrogens with zero attached hydrogens (tertiary/aromatic N) is 2. The zero-order valence-corrected chi connectivity index (χ0v) is 16.3. The molecule has 0 bridgehead atoms. The van der Waals surface area contributed by atoms with E-state index in [0.717, 1.165) is 29.2 Å². The molecule has 0 fully saturated rings. The molecule has 3 rings (SSSR count). The van der Waals surface area contributed by atoms with Gasteiger partial charge in [0, 0.05) is 11.3 Å². The van der Waals surface area contributed by atoms with Gasteiger partial charge in [-0.15, -0.1) is 22.0 Å². The lowest BCUT2D eigenvalue weighted by Gasteiger charge is -2.02. The summed E-state index contributed by atoms with van der Waals surface area (Å²) in [6.07, 6.45) is 2.92. The minimum absolute atomic E-state index is 0.0532. The van der Waals surface area contributed by atoms with Crippen LogP contribution in [0.25, 0.3) is 0 Å². The van der Waals surface area contributed by atoms with Crippen LogP contribution in [-0.2, 0) is 17.6 Å². The van der Waals surface area contributed by atoms with E-state index < -0.39 is 0 Å². The van der Waals surface area contributed by atoms with Crippen LogP contribution in [-0.4, -0.2) is 21.9 Å². The van der Waals surface area contributed by atoms with Crippen LogP contribution in [0.15, 0.2) is 59.5 Å². The maximum absolute atomic E-state index is 12.1. The molecule has 0 radical (unpaired) electrons. The molecular weight excluding hydrogens is 362 g/mol. The Hall–Kier alpha value is -2.18. The Labute approximate surface area is 162 Å². The van der Waals surface area contributed by atoms with Gasteiger partial charge in [-0.05, 0) is 37.5 Å². The summed E-state index contributed by atoms with van der Waals surface area (Å²) in [4.78, 5) is 13.2. The van der Waals surface area contributed by atoms with Crippen LogP contribution in [0, 0.1) is 6.92 Å². The van der Waals surface area contributed by atoms with E-state index >= 15 is 0 Å². The smallest absolute Gasteiger partial charge is 0.236 e. The molecule has 1 aromatic heterocycles. The number of amides is 1. The molecule has 0 saturated heterocycles. The zero-order chi connectivity index (χ0) is 18.2. The molecule has 1 heterocycles. The fourth-order valence-electron chi connectivity index (χ4n) is 2.43. The van der Waals surface area contributed by atoms with Crippen LogP contribution in [0.3, 0.4) is 0 Å². The number of carbonyl (C=O) groups is 1. The topological polar surface area (TPSA) is 54.9 Å². The van der Waals surface area contributed by atoms with Crippen molar-refractivity contribution in [3.63, 3.8) is 0 Å². The van der Waals surface area contributed by atoms with Crippen molar-refractivity contribution < 1.29 is 4.79 Å². The molecule has 1 N–H and O–H groups in total. The highest BCUT2D eigenvalue weighted by Gasteiger charge is 2.09. The standard InChI is InChI=1S/C20H21N3OS2/c1-15-10-12-17(13-11-15)25-14-18(24)21-20-23-22-19(26-20)9-5-8-16-6-3-2-4-7-16/h2-4,6-7,10-13H,5,8-9,14H2,1H3,(H,21,23,24). The molecular formula is C20H21N3OS2. The second-order valence-corrected chi connectivity index (χ2v) is 8.10. The van der Waals surface area contributed by atoms with Crippen molar-refractivity contribution in [2.45, 2.75) is 31.1 Å². The molecule has 0 spiro atoms. The number of anilines is 1. The summed E-state index contributed by atoms with van der Waals surface area (Å²) in [5, 5.41) is 12.6. The number of thioether (sulfide) groups is 1. The van der Waals surface area contributed by atoms with Crippen molar-refractivity contribution in [1.29, 1.82) is 0 Å². The first-order valence-electron chi connectivity index (χ1n) is 8.55. The van der Waals surface area contributed by atoms with E-state index in [-0.39, 0.29) is 5.91 Å². The first kappa shape index (κ1) is 18.6. The van der Waals surface area contributed by atoms with Crippen molar-refractivity contribution in [1.82, 2.24) is 10.2 Å². The molecule has 4 nitrogen and oxygen atoms in total. The SMILES string of the molecule is Cc1ccc(SCC(=O)Nc2nnc(CCCc3ccccc3)s2)cc1. The highest BCUT2D eigenvalue weighted by molar-refractivity contribution is 8.00. The number of carbonyl (C=O) groups excluding carboxylic acids is 1. The quantitative estimate of drug-likeness (QED) is 0.570. The number of benzene rings is 2. The first-order chi connectivity index (χ1) is 12.7. The Morgan fingerprint density at radius 2 is 1.81 bits per heavy atom. The van der Waals surface area contributed by atoms with Gasteiger partial charge in [0.1, 0.15) is 5.01 Å². The Kier molecular flexibility index (Phi) is 6.80. The number of hydrogen-bond acceptors (Lipinski definition) is 5. The van der Waals surface area contributed by atoms with Crippen molar-refractivity contribution in [2.24, 2.45) is 0 Å². The number of aromatic nitrogens is 2. The minimum Gasteiger partial charge on any atom is -0.300 e. The predicted molar refractivity (Wildman–Crippen MR) is 109 cm³/mol. The normalized spacial score (nSPS) is 10.7. The van der Waals surface area contributed by atoms with Gasteiger partial charge in [0.15, 0.2) is 0 Å². The summed E-state index contributed by atoms with van der Waals surface area (Å²) >= 11 is 2.98. The molecule has 6 heteroatoms. The third-order valence-electron chi connectivity index (χ3n) is 3.80. The Balaban J connectivity index is 1.41. The number of hydrogen-bond donors (Lipinski definition) is 1. The van der Waals surface area contributed by atoms with Crippen LogP contribution in [0.1, 0.15) is 22.6 Å². The highest BCUT2D eigenvalue weighted by atomic mass is 32.2. The van der Waals surface area contributed by atoms with E-state index in [1.807, 2.05) is 37.3 Å². The van der Waals surface area contributed by atoms with Crippen LogP contribution >= 0.6 is 23.1 Å². The molecule has 1 amide bonds. The fraction of sp³-hybridized carbons (Fsp3) is 0.250. The Morgan fingerprint density at radius 1 is 1.04 bits per heavy atom. The van der Waals surface area contributed by atoms with E-state index in [1.54, 1.807) is 0 Å². The van der Waals surface area contributed by atoms with Gasteiger partial charge >= 0.3 is 0 Å². The molecule has 0 saturated carbocycles. The first-order valence-corrected chi connectivity index (χ1v) is 10.3. The third-order valence-corrected chi connectivity index (χ3v) is 5.71. The average molecular weight is 384 g/mol. The van der Waals surface area contributed by atoms with E-state index in [4.69, 9.17) is 0 Å². The maximum atomic E-state index is 12.1. The van der Waals surface area contributed by atoms with Gasteiger partial charge < -0.3 is 0 Å². The summed E-state index contributed by atoms with van der Waals surface area (Å²) in [6, 6.07) is 18.6. The number of aryl methyl sites for hydroxylation is 3. The van der Waals surface area contributed by atoms with E-state index in [9.17, 15) is 4.79 Å². The van der Waals surface area contributed by atoms with Crippen molar-refractivity contribution >= 4 is 34.1 Å². The van der Waals surface area contributed by atoms with E-state index in [1.165, 1.54) is 34.2 Å². The van der Waals surface area contributed by atoms with Gasteiger partial charge in [-0.2, -0.15) is 0 Å². The zero-order valence-electron chi connectivity index (χ0n) is 14.6. The molecule has 2 aromatic carbocycles. The van der Waals surface area contributed by atoms with Crippen LogP contribution < -0.4 is 5.32 Å². The summed E-state index contributed by atoms with van der Waals surface area (Å²) in [7, 11) is 0. The van der Waals surface area contributed by atoms with Gasteiger partial charge in [-0.1, -0.05) is 59.4 Å². The molecule has 0 aliphatic carbocycles. The van der Waals surface area contributed by atoms with E-state index in [0.29, 0.717) is 10.9 Å². The maximum Gasteiger partial charge on any atom is 0.236 e. The van der Waals surface area contributed by atoms with Crippen molar-refractivity contribution in [3.05, 3.63) is 70.7 Å². The van der Waals surface area contributed by atoms with Gasteiger partial charge in [-0.3, -0.25) is 10.1 Å². The molecule has 26 heavy (non-hydrogen) atoms. The van der Waals surface area contributed by atoms with Crippen LogP contribution in [0.4, 0.5) is 5.13 Å². The largest absolute Gasteiger partial charge is 0.300 e. The molecule has 0 unspecified atom stereocenters. The second kappa shape index (κ2) is 9.50. The van der Waals surface area contributed by atoms with Gasteiger partial charge in [-0.25, -0.2) is 0 Å². The summed E-state index contributed by atoms with van der Waals surface area (Å²) in [5.74, 6) is 0.314. The van der Waals surface area contributed by atoms with Gasteiger partial charge in [0.05, 0.1) is 5.75 Å². The van der Waals surface area contributed by atoms with Crippen molar-refractivity contribution in [2.75, 3.05) is 11.1 Å². The average Bonchev–Trinajstić information content (AvgIpc) is 3.09. The molecule has 0 atom stereocenters. The lowest BCUT2D eigenvalue weighted by molar-refractivity contribution is -0.113. The van der Waals surface area contributed by atoms with Crippen LogP contribution in [0.2, 0.25) is 0 Å². The monoisotopic (exact) mass is 383 g/mol. The highest BCUT2D eigenvalue weighted by Crippen LogP contribution is 2.20. The summed E-state index contributed by atoms with van der Waals surface area (Å²) < 4.78 is 0. The van der Waals surface area contributed by atoms with Crippen molar-refractivity contribution in [3.8, 4) is 0 Å². The summed E-state index contributed by atoms with van der Waals surface area (Å²) in [5.41, 5.74) is 2.55. The number of rotatable bonds is 8. The fourth-order valence-corrected chi connectivity index (χ4v) is 3.93. The van der Waals surface area contributed by atoms with E-state index in [2.05, 4.69) is 39.8 Å². The van der Waals surface area contributed by atoms with Gasteiger partial charge in [0.2, 0.25) is 11.0 Å². The minimum atomic E-state index is -0.0532. The van der Waals surface area contributed by atoms with Gasteiger partial charge in [0.25, 0.3) is 0 Å². The second-order valence-electron chi connectivity index (χ2n) is 5.99. The lowest BCUT2D eigenvalue weighted by atomic mass is 10.1.